The minimum absolute atomic E-state index is 0.398. The Kier molecular flexibility index (Phi) is 3.04. The maximum atomic E-state index is 12.6. The van der Waals surface area contributed by atoms with Gasteiger partial charge in [-0.3, -0.25) is 0 Å². The molecule has 0 atom stereocenters. The van der Waals surface area contributed by atoms with Crippen LogP contribution in [0.25, 0.3) is 5.57 Å². The summed E-state index contributed by atoms with van der Waals surface area (Å²) in [5, 5.41) is 0. The van der Waals surface area contributed by atoms with Gasteiger partial charge in [0.25, 0.3) is 0 Å². The summed E-state index contributed by atoms with van der Waals surface area (Å²) in [5.74, 6) is 0. The Morgan fingerprint density at radius 3 is 2.44 bits per heavy atom. The summed E-state index contributed by atoms with van der Waals surface area (Å²) in [7, 11) is 0. The molecule has 0 saturated carbocycles. The second-order valence-corrected chi connectivity index (χ2v) is 4.39. The molecule has 1 aromatic rings. The van der Waals surface area contributed by atoms with E-state index >= 15 is 0 Å². The lowest BCUT2D eigenvalue weighted by Crippen LogP contribution is -2.47. The van der Waals surface area contributed by atoms with E-state index in [-0.39, 0.29) is 0 Å². The Labute approximate surface area is 103 Å². The molecule has 0 saturated heterocycles. The van der Waals surface area contributed by atoms with E-state index in [9.17, 15) is 13.2 Å². The van der Waals surface area contributed by atoms with Crippen molar-refractivity contribution in [3.8, 4) is 0 Å². The molecule has 0 unspecified atom stereocenters. The van der Waals surface area contributed by atoms with Crippen molar-refractivity contribution in [3.05, 3.63) is 53.6 Å². The summed E-state index contributed by atoms with van der Waals surface area (Å²) in [6.45, 7) is 0. The molecule has 1 aromatic carbocycles. The van der Waals surface area contributed by atoms with Crippen LogP contribution < -0.4 is 11.5 Å². The van der Waals surface area contributed by atoms with E-state index in [2.05, 4.69) is 0 Å². The molecular weight excluding hydrogens is 241 g/mol. The highest BCUT2D eigenvalue weighted by atomic mass is 19.4. The minimum Gasteiger partial charge on any atom is -0.310 e. The summed E-state index contributed by atoms with van der Waals surface area (Å²) < 4.78 is 37.7. The number of rotatable bonds is 1. The minimum atomic E-state index is -4.33. The van der Waals surface area contributed by atoms with Crippen LogP contribution in [-0.4, -0.2) is 5.66 Å². The molecule has 96 valence electrons. The van der Waals surface area contributed by atoms with Crippen LogP contribution in [-0.2, 0) is 6.18 Å². The predicted molar refractivity (Wildman–Crippen MR) is 64.3 cm³/mol. The third-order valence-corrected chi connectivity index (χ3v) is 2.77. The van der Waals surface area contributed by atoms with Gasteiger partial charge in [-0.25, -0.2) is 0 Å². The predicted octanol–water partition coefficient (Wildman–Crippen LogP) is 2.66. The molecule has 0 aliphatic heterocycles. The standard InChI is InChI=1S/C13H13F3N2/c14-13(15,16)11-3-1-2-10(8-11)9-4-6-12(17,18)7-5-9/h1-6,8H,7,17-18H2. The Bertz CT molecular complexity index is 513. The molecule has 0 amide bonds. The van der Waals surface area contributed by atoms with Gasteiger partial charge in [0.1, 0.15) is 0 Å². The molecule has 2 nitrogen and oxygen atoms in total. The van der Waals surface area contributed by atoms with E-state index in [1.807, 2.05) is 0 Å². The van der Waals surface area contributed by atoms with E-state index in [4.69, 9.17) is 11.5 Å². The molecule has 0 fully saturated rings. The molecule has 5 heteroatoms. The lowest BCUT2D eigenvalue weighted by atomic mass is 9.93. The number of hydrogen-bond donors (Lipinski definition) is 2. The number of allylic oxidation sites excluding steroid dienone is 2. The average Bonchev–Trinajstić information content (AvgIpc) is 2.28. The lowest BCUT2D eigenvalue weighted by molar-refractivity contribution is -0.137. The third-order valence-electron chi connectivity index (χ3n) is 2.77. The van der Waals surface area contributed by atoms with Crippen molar-refractivity contribution in [2.45, 2.75) is 18.3 Å². The van der Waals surface area contributed by atoms with Gasteiger partial charge in [-0.1, -0.05) is 24.3 Å². The van der Waals surface area contributed by atoms with Gasteiger partial charge in [0.15, 0.2) is 0 Å². The van der Waals surface area contributed by atoms with E-state index in [1.54, 1.807) is 24.3 Å². The highest BCUT2D eigenvalue weighted by molar-refractivity contribution is 5.75. The van der Waals surface area contributed by atoms with Crippen LogP contribution >= 0.6 is 0 Å². The van der Waals surface area contributed by atoms with Crippen LogP contribution in [0.15, 0.2) is 42.5 Å². The molecule has 0 spiro atoms. The van der Waals surface area contributed by atoms with Crippen LogP contribution in [0.4, 0.5) is 13.2 Å². The maximum Gasteiger partial charge on any atom is 0.416 e. The van der Waals surface area contributed by atoms with E-state index in [0.717, 1.165) is 12.1 Å². The molecule has 0 radical (unpaired) electrons. The summed E-state index contributed by atoms with van der Waals surface area (Å²) in [4.78, 5) is 0. The van der Waals surface area contributed by atoms with E-state index < -0.39 is 17.4 Å². The second-order valence-electron chi connectivity index (χ2n) is 4.39. The Morgan fingerprint density at radius 1 is 1.17 bits per heavy atom. The smallest absolute Gasteiger partial charge is 0.310 e. The van der Waals surface area contributed by atoms with Gasteiger partial charge >= 0.3 is 6.18 Å². The van der Waals surface area contributed by atoms with Crippen LogP contribution in [0.2, 0.25) is 0 Å². The van der Waals surface area contributed by atoms with Gasteiger partial charge in [0.2, 0.25) is 0 Å². The summed E-state index contributed by atoms with van der Waals surface area (Å²) >= 11 is 0. The zero-order valence-corrected chi connectivity index (χ0v) is 9.54. The Morgan fingerprint density at radius 2 is 1.89 bits per heavy atom. The van der Waals surface area contributed by atoms with Gasteiger partial charge < -0.3 is 11.5 Å². The average molecular weight is 254 g/mol. The van der Waals surface area contributed by atoms with Crippen molar-refractivity contribution in [3.63, 3.8) is 0 Å². The number of benzene rings is 1. The van der Waals surface area contributed by atoms with Crippen LogP contribution in [0.5, 0.6) is 0 Å². The molecule has 0 aromatic heterocycles. The first-order chi connectivity index (χ1) is 8.28. The molecule has 0 bridgehead atoms. The lowest BCUT2D eigenvalue weighted by Gasteiger charge is -2.23. The molecule has 4 N–H and O–H groups in total. The second kappa shape index (κ2) is 4.26. The third kappa shape index (κ3) is 2.80. The molecular formula is C13H13F3N2. The van der Waals surface area contributed by atoms with Crippen molar-refractivity contribution in [2.75, 3.05) is 0 Å². The van der Waals surface area contributed by atoms with Gasteiger partial charge in [-0.05, 0) is 29.3 Å². The topological polar surface area (TPSA) is 52.0 Å². The largest absolute Gasteiger partial charge is 0.416 e. The van der Waals surface area contributed by atoms with Gasteiger partial charge in [-0.15, -0.1) is 0 Å². The first-order valence-electron chi connectivity index (χ1n) is 5.43. The van der Waals surface area contributed by atoms with Gasteiger partial charge in [-0.2, -0.15) is 13.2 Å². The fourth-order valence-corrected chi connectivity index (χ4v) is 1.76. The van der Waals surface area contributed by atoms with Crippen molar-refractivity contribution < 1.29 is 13.2 Å². The SMILES string of the molecule is NC1(N)C=CC(c2cccc(C(F)(F)F)c2)=CC1. The van der Waals surface area contributed by atoms with Crippen LogP contribution in [0.1, 0.15) is 17.5 Å². The molecule has 2 rings (SSSR count). The van der Waals surface area contributed by atoms with Gasteiger partial charge in [0, 0.05) is 6.42 Å². The molecule has 0 heterocycles. The quantitative estimate of drug-likeness (QED) is 0.757. The van der Waals surface area contributed by atoms with E-state index in [1.165, 1.54) is 6.07 Å². The monoisotopic (exact) mass is 254 g/mol. The number of halogens is 3. The Hall–Kier alpha value is -1.59. The van der Waals surface area contributed by atoms with Crippen molar-refractivity contribution in [1.82, 2.24) is 0 Å². The van der Waals surface area contributed by atoms with Crippen LogP contribution in [0.3, 0.4) is 0 Å². The fourth-order valence-electron chi connectivity index (χ4n) is 1.76. The van der Waals surface area contributed by atoms with E-state index in [0.29, 0.717) is 17.6 Å². The maximum absolute atomic E-state index is 12.6. The number of nitrogens with two attached hydrogens (primary N) is 2. The fraction of sp³-hybridized carbons (Fsp3) is 0.231. The zero-order valence-electron chi connectivity index (χ0n) is 9.54. The zero-order chi connectivity index (χ0) is 13.4. The van der Waals surface area contributed by atoms with Crippen molar-refractivity contribution in [1.29, 1.82) is 0 Å². The van der Waals surface area contributed by atoms with Crippen molar-refractivity contribution >= 4 is 5.57 Å². The van der Waals surface area contributed by atoms with Crippen molar-refractivity contribution in [2.24, 2.45) is 11.5 Å². The molecule has 1 aliphatic carbocycles. The molecule has 1 aliphatic rings. The highest BCUT2D eigenvalue weighted by Crippen LogP contribution is 2.32. The number of alkyl halides is 3. The highest BCUT2D eigenvalue weighted by Gasteiger charge is 2.30. The summed E-state index contributed by atoms with van der Waals surface area (Å²) in [5.41, 5.74) is 11.0. The summed E-state index contributed by atoms with van der Waals surface area (Å²) in [6.07, 6.45) is 1.06. The normalized spacial score (nSPS) is 18.6. The first-order valence-corrected chi connectivity index (χ1v) is 5.43. The first kappa shape index (κ1) is 12.9. The number of hydrogen-bond acceptors (Lipinski definition) is 2. The summed E-state index contributed by atoms with van der Waals surface area (Å²) in [6, 6.07) is 5.19. The van der Waals surface area contributed by atoms with Gasteiger partial charge in [0.05, 0.1) is 11.2 Å². The van der Waals surface area contributed by atoms with Crippen LogP contribution in [0, 0.1) is 0 Å². The Balaban J connectivity index is 2.31. The molecule has 18 heavy (non-hydrogen) atoms.